The number of nitro benzene ring substituents is 1. The predicted octanol–water partition coefficient (Wildman–Crippen LogP) is 1.22. The summed E-state index contributed by atoms with van der Waals surface area (Å²) in [7, 11) is 0. The molecule has 2 heterocycles. The Morgan fingerprint density at radius 2 is 1.91 bits per heavy atom. The molecule has 1 aromatic carbocycles. The van der Waals surface area contributed by atoms with E-state index in [2.05, 4.69) is 5.10 Å². The molecule has 2 aromatic rings. The standard InChI is InChI=1S/C19H17N5O8/c20-16(25)7-8-18(27)31-11-22-17(26)10-23(19(22)28)21-9-14-5-6-15(32-14)12-1-3-13(4-2-12)24(29)30/h1-6,9H,7-8,10-11H2,(H2,20,25)/b21-9+. The molecule has 3 rings (SSSR count). The molecule has 0 aliphatic carbocycles. The lowest BCUT2D eigenvalue weighted by Crippen LogP contribution is -2.34. The van der Waals surface area contributed by atoms with Gasteiger partial charge in [-0.05, 0) is 24.3 Å². The maximum atomic E-state index is 12.3. The minimum absolute atomic E-state index is 0.0533. The fourth-order valence-electron chi connectivity index (χ4n) is 2.63. The fourth-order valence-corrected chi connectivity index (χ4v) is 2.63. The number of imide groups is 1. The zero-order valence-corrected chi connectivity index (χ0v) is 16.5. The van der Waals surface area contributed by atoms with Crippen LogP contribution in [-0.4, -0.2) is 58.1 Å². The number of non-ortho nitro benzene ring substituents is 1. The van der Waals surface area contributed by atoms with Crippen molar-refractivity contribution in [2.45, 2.75) is 12.8 Å². The Hall–Kier alpha value is -4.55. The van der Waals surface area contributed by atoms with Crippen LogP contribution >= 0.6 is 0 Å². The number of rotatable bonds is 9. The second-order valence-electron chi connectivity index (χ2n) is 6.52. The Kier molecular flexibility index (Phi) is 6.58. The first-order valence-electron chi connectivity index (χ1n) is 9.19. The van der Waals surface area contributed by atoms with Gasteiger partial charge in [0.05, 0.1) is 17.6 Å². The van der Waals surface area contributed by atoms with E-state index in [0.717, 1.165) is 5.01 Å². The van der Waals surface area contributed by atoms with E-state index in [0.29, 0.717) is 16.2 Å². The van der Waals surface area contributed by atoms with Gasteiger partial charge in [0.25, 0.3) is 11.6 Å². The average Bonchev–Trinajstić information content (AvgIpc) is 3.34. The molecule has 32 heavy (non-hydrogen) atoms. The summed E-state index contributed by atoms with van der Waals surface area (Å²) in [6.45, 7) is -0.962. The molecule has 2 N–H and O–H groups in total. The van der Waals surface area contributed by atoms with Gasteiger partial charge in [0, 0.05) is 24.1 Å². The largest absolute Gasteiger partial charge is 0.455 e. The van der Waals surface area contributed by atoms with E-state index < -0.39 is 35.5 Å². The van der Waals surface area contributed by atoms with Crippen LogP contribution in [0.2, 0.25) is 0 Å². The first-order valence-corrected chi connectivity index (χ1v) is 9.19. The van der Waals surface area contributed by atoms with Crippen molar-refractivity contribution in [3.63, 3.8) is 0 Å². The SMILES string of the molecule is NC(=O)CCC(=O)OCN1C(=O)CN(/N=C/c2ccc(-c3ccc([N+](=O)[O-])cc3)o2)C1=O. The Labute approximate surface area is 180 Å². The minimum Gasteiger partial charge on any atom is -0.455 e. The molecule has 1 saturated heterocycles. The number of carbonyl (C=O) groups excluding carboxylic acids is 4. The van der Waals surface area contributed by atoms with Gasteiger partial charge in [0.1, 0.15) is 18.1 Å². The first kappa shape index (κ1) is 22.1. The van der Waals surface area contributed by atoms with Crippen LogP contribution in [0.15, 0.2) is 45.9 Å². The lowest BCUT2D eigenvalue weighted by atomic mass is 10.1. The van der Waals surface area contributed by atoms with Gasteiger partial charge in [-0.25, -0.2) is 14.7 Å². The number of hydrogen-bond acceptors (Lipinski definition) is 9. The van der Waals surface area contributed by atoms with Crippen LogP contribution in [-0.2, 0) is 19.1 Å². The topological polar surface area (TPSA) is 179 Å². The molecule has 0 unspecified atom stereocenters. The quantitative estimate of drug-likeness (QED) is 0.197. The molecular weight excluding hydrogens is 426 g/mol. The highest BCUT2D eigenvalue weighted by molar-refractivity contribution is 6.02. The van der Waals surface area contributed by atoms with Gasteiger partial charge in [-0.1, -0.05) is 0 Å². The summed E-state index contributed by atoms with van der Waals surface area (Å²) in [6.07, 6.45) is 0.758. The molecule has 0 saturated carbocycles. The molecule has 4 amide bonds. The molecule has 0 atom stereocenters. The number of carbonyl (C=O) groups is 4. The number of nitrogens with two attached hydrogens (primary N) is 1. The third-order valence-corrected chi connectivity index (χ3v) is 4.28. The van der Waals surface area contributed by atoms with Crippen LogP contribution in [0.5, 0.6) is 0 Å². The van der Waals surface area contributed by atoms with Crippen molar-refractivity contribution in [1.82, 2.24) is 9.91 Å². The van der Waals surface area contributed by atoms with E-state index >= 15 is 0 Å². The summed E-state index contributed by atoms with van der Waals surface area (Å²) in [5.74, 6) is -1.38. The highest BCUT2D eigenvalue weighted by Gasteiger charge is 2.36. The fraction of sp³-hybridized carbons (Fsp3) is 0.211. The van der Waals surface area contributed by atoms with Crippen LogP contribution in [0.1, 0.15) is 18.6 Å². The highest BCUT2D eigenvalue weighted by Crippen LogP contribution is 2.24. The predicted molar refractivity (Wildman–Crippen MR) is 107 cm³/mol. The molecule has 0 radical (unpaired) electrons. The van der Waals surface area contributed by atoms with E-state index in [4.69, 9.17) is 14.9 Å². The monoisotopic (exact) mass is 443 g/mol. The molecule has 0 spiro atoms. The lowest BCUT2D eigenvalue weighted by molar-refractivity contribution is -0.384. The minimum atomic E-state index is -0.795. The molecule has 1 aliphatic rings. The first-order chi connectivity index (χ1) is 15.2. The summed E-state index contributed by atoms with van der Waals surface area (Å²) in [5, 5.41) is 15.5. The van der Waals surface area contributed by atoms with Gasteiger partial charge < -0.3 is 14.9 Å². The number of hydrogen-bond donors (Lipinski definition) is 1. The van der Waals surface area contributed by atoms with E-state index in [-0.39, 0.29) is 30.8 Å². The van der Waals surface area contributed by atoms with Crippen molar-refractivity contribution in [3.8, 4) is 11.3 Å². The van der Waals surface area contributed by atoms with Crippen LogP contribution < -0.4 is 5.73 Å². The zero-order valence-electron chi connectivity index (χ0n) is 16.5. The maximum Gasteiger partial charge on any atom is 0.350 e. The van der Waals surface area contributed by atoms with Crippen molar-refractivity contribution in [2.75, 3.05) is 13.3 Å². The van der Waals surface area contributed by atoms with E-state index in [1.807, 2.05) is 0 Å². The number of benzene rings is 1. The van der Waals surface area contributed by atoms with Gasteiger partial charge in [0.2, 0.25) is 5.91 Å². The Bertz CT molecular complexity index is 1090. The Balaban J connectivity index is 1.58. The van der Waals surface area contributed by atoms with Crippen molar-refractivity contribution >= 4 is 35.7 Å². The number of furan rings is 1. The molecule has 0 bridgehead atoms. The van der Waals surface area contributed by atoms with E-state index in [9.17, 15) is 29.3 Å². The molecule has 1 aliphatic heterocycles. The number of nitro groups is 1. The number of ether oxygens (including phenoxy) is 1. The summed E-state index contributed by atoms with van der Waals surface area (Å²) in [4.78, 5) is 57.4. The summed E-state index contributed by atoms with van der Waals surface area (Å²) < 4.78 is 10.4. The second kappa shape index (κ2) is 9.51. The Morgan fingerprint density at radius 1 is 1.19 bits per heavy atom. The van der Waals surface area contributed by atoms with Gasteiger partial charge in [-0.15, -0.1) is 0 Å². The van der Waals surface area contributed by atoms with E-state index in [1.54, 1.807) is 12.1 Å². The zero-order chi connectivity index (χ0) is 23.3. The lowest BCUT2D eigenvalue weighted by Gasteiger charge is -2.13. The average molecular weight is 443 g/mol. The summed E-state index contributed by atoms with van der Waals surface area (Å²) in [6, 6.07) is 8.14. The number of primary amides is 1. The molecule has 166 valence electrons. The van der Waals surface area contributed by atoms with E-state index in [1.165, 1.54) is 30.5 Å². The number of urea groups is 1. The third-order valence-electron chi connectivity index (χ3n) is 4.28. The number of esters is 1. The van der Waals surface area contributed by atoms with Gasteiger partial charge in [0.15, 0.2) is 6.73 Å². The molecule has 1 fully saturated rings. The van der Waals surface area contributed by atoms with Crippen LogP contribution in [0.3, 0.4) is 0 Å². The van der Waals surface area contributed by atoms with Crippen LogP contribution in [0.25, 0.3) is 11.3 Å². The van der Waals surface area contributed by atoms with Crippen LogP contribution in [0, 0.1) is 10.1 Å². The van der Waals surface area contributed by atoms with Gasteiger partial charge >= 0.3 is 12.0 Å². The smallest absolute Gasteiger partial charge is 0.350 e. The molecular formula is C19H17N5O8. The number of hydrazone groups is 1. The maximum absolute atomic E-state index is 12.3. The molecule has 13 nitrogen and oxygen atoms in total. The van der Waals surface area contributed by atoms with Crippen molar-refractivity contribution in [3.05, 3.63) is 52.3 Å². The number of amides is 4. The van der Waals surface area contributed by atoms with Gasteiger partial charge in [-0.3, -0.25) is 24.5 Å². The summed E-state index contributed by atoms with van der Waals surface area (Å²) >= 11 is 0. The second-order valence-corrected chi connectivity index (χ2v) is 6.52. The van der Waals surface area contributed by atoms with Gasteiger partial charge in [-0.2, -0.15) is 5.10 Å². The molecule has 13 heteroatoms. The van der Waals surface area contributed by atoms with Crippen molar-refractivity contribution < 1.29 is 33.3 Å². The van der Waals surface area contributed by atoms with Crippen LogP contribution in [0.4, 0.5) is 10.5 Å². The third kappa shape index (κ3) is 5.33. The van der Waals surface area contributed by atoms with Crippen molar-refractivity contribution in [1.29, 1.82) is 0 Å². The highest BCUT2D eigenvalue weighted by atomic mass is 16.6. The number of nitrogens with zero attached hydrogens (tertiary/aromatic N) is 4. The normalized spacial score (nSPS) is 13.8. The summed E-state index contributed by atoms with van der Waals surface area (Å²) in [5.41, 5.74) is 5.48. The molecule has 1 aromatic heterocycles. The Morgan fingerprint density at radius 3 is 2.56 bits per heavy atom. The van der Waals surface area contributed by atoms with Crippen molar-refractivity contribution in [2.24, 2.45) is 10.8 Å².